The standard InChI is InChI=1S/C12H17ClO3/c13-6-7-15-9-12(14)10-16-8-11-4-2-1-3-5-11/h1-5,12,14H,6-10H2/t12-/m1/s1. The van der Waals surface area contributed by atoms with Crippen LogP contribution in [-0.2, 0) is 16.1 Å². The SMILES string of the molecule is O[C@H](COCCCl)COCc1ccccc1. The van der Waals surface area contributed by atoms with Crippen LogP contribution in [0.5, 0.6) is 0 Å². The second kappa shape index (κ2) is 8.53. The van der Waals surface area contributed by atoms with Crippen molar-refractivity contribution in [3.8, 4) is 0 Å². The monoisotopic (exact) mass is 244 g/mol. The van der Waals surface area contributed by atoms with E-state index < -0.39 is 6.10 Å². The number of rotatable bonds is 8. The summed E-state index contributed by atoms with van der Waals surface area (Å²) in [6, 6.07) is 9.84. The average molecular weight is 245 g/mol. The second-order valence-electron chi connectivity index (χ2n) is 3.42. The van der Waals surface area contributed by atoms with Crippen molar-refractivity contribution in [2.45, 2.75) is 12.7 Å². The Morgan fingerprint density at radius 3 is 2.50 bits per heavy atom. The van der Waals surface area contributed by atoms with E-state index in [-0.39, 0.29) is 13.2 Å². The van der Waals surface area contributed by atoms with Crippen LogP contribution in [0.25, 0.3) is 0 Å². The molecule has 0 amide bonds. The Bertz CT molecular complexity index is 266. The fourth-order valence-electron chi connectivity index (χ4n) is 1.21. The number of hydrogen-bond acceptors (Lipinski definition) is 3. The van der Waals surface area contributed by atoms with Crippen LogP contribution >= 0.6 is 11.6 Å². The van der Waals surface area contributed by atoms with E-state index in [1.165, 1.54) is 0 Å². The Morgan fingerprint density at radius 1 is 1.12 bits per heavy atom. The summed E-state index contributed by atoms with van der Waals surface area (Å²) in [5, 5.41) is 9.46. The average Bonchev–Trinajstić information content (AvgIpc) is 2.31. The summed E-state index contributed by atoms with van der Waals surface area (Å²) >= 11 is 5.43. The maximum atomic E-state index is 9.46. The molecule has 1 aromatic rings. The maximum absolute atomic E-state index is 9.46. The molecule has 0 aliphatic carbocycles. The summed E-state index contributed by atoms with van der Waals surface area (Å²) in [6.07, 6.45) is -0.591. The molecule has 0 radical (unpaired) electrons. The zero-order valence-corrected chi connectivity index (χ0v) is 9.90. The Balaban J connectivity index is 2.06. The van der Waals surface area contributed by atoms with Gasteiger partial charge in [-0.15, -0.1) is 11.6 Å². The fraction of sp³-hybridized carbons (Fsp3) is 0.500. The van der Waals surface area contributed by atoms with Gasteiger partial charge in [0.25, 0.3) is 0 Å². The first kappa shape index (κ1) is 13.5. The van der Waals surface area contributed by atoms with E-state index in [1.54, 1.807) is 0 Å². The lowest BCUT2D eigenvalue weighted by molar-refractivity contribution is -0.0204. The quantitative estimate of drug-likeness (QED) is 0.560. The van der Waals surface area contributed by atoms with Gasteiger partial charge in [0.1, 0.15) is 6.10 Å². The van der Waals surface area contributed by atoms with Crippen molar-refractivity contribution in [1.29, 1.82) is 0 Å². The lowest BCUT2D eigenvalue weighted by atomic mass is 10.2. The summed E-state index contributed by atoms with van der Waals surface area (Å²) in [7, 11) is 0. The van der Waals surface area contributed by atoms with E-state index in [4.69, 9.17) is 21.1 Å². The summed E-state index contributed by atoms with van der Waals surface area (Å²) in [5.74, 6) is 0.442. The van der Waals surface area contributed by atoms with Crippen LogP contribution in [0.3, 0.4) is 0 Å². The van der Waals surface area contributed by atoms with E-state index >= 15 is 0 Å². The van der Waals surface area contributed by atoms with Crippen LogP contribution in [0, 0.1) is 0 Å². The molecule has 1 atom stereocenters. The van der Waals surface area contributed by atoms with E-state index in [0.29, 0.717) is 19.1 Å². The largest absolute Gasteiger partial charge is 0.388 e. The minimum atomic E-state index is -0.591. The Kier molecular flexibility index (Phi) is 7.17. The highest BCUT2D eigenvalue weighted by Gasteiger charge is 2.04. The van der Waals surface area contributed by atoms with Crippen LogP contribution < -0.4 is 0 Å². The highest BCUT2D eigenvalue weighted by atomic mass is 35.5. The van der Waals surface area contributed by atoms with Gasteiger partial charge >= 0.3 is 0 Å². The number of alkyl halides is 1. The molecule has 0 fully saturated rings. The van der Waals surface area contributed by atoms with Crippen molar-refractivity contribution in [3.63, 3.8) is 0 Å². The Labute approximate surface area is 101 Å². The highest BCUT2D eigenvalue weighted by Crippen LogP contribution is 2.01. The van der Waals surface area contributed by atoms with Gasteiger partial charge in [0.05, 0.1) is 26.4 Å². The third-order valence-electron chi connectivity index (χ3n) is 1.95. The molecule has 3 nitrogen and oxygen atoms in total. The molecule has 0 saturated carbocycles. The molecule has 0 aliphatic rings. The number of ether oxygens (including phenoxy) is 2. The Hall–Kier alpha value is -0.610. The van der Waals surface area contributed by atoms with Crippen molar-refractivity contribution in [3.05, 3.63) is 35.9 Å². The lowest BCUT2D eigenvalue weighted by Gasteiger charge is -2.11. The first-order valence-corrected chi connectivity index (χ1v) is 5.80. The summed E-state index contributed by atoms with van der Waals surface area (Å²) in [4.78, 5) is 0. The zero-order valence-electron chi connectivity index (χ0n) is 9.14. The molecule has 0 spiro atoms. The molecule has 0 unspecified atom stereocenters. The molecule has 1 rings (SSSR count). The number of hydrogen-bond donors (Lipinski definition) is 1. The summed E-state index contributed by atoms with van der Waals surface area (Å²) in [5.41, 5.74) is 1.09. The van der Waals surface area contributed by atoms with Crippen LogP contribution in [0.1, 0.15) is 5.56 Å². The molecule has 0 aromatic heterocycles. The second-order valence-corrected chi connectivity index (χ2v) is 3.80. The van der Waals surface area contributed by atoms with Crippen LogP contribution in [0.2, 0.25) is 0 Å². The van der Waals surface area contributed by atoms with Gasteiger partial charge in [-0.1, -0.05) is 30.3 Å². The van der Waals surface area contributed by atoms with Crippen molar-refractivity contribution in [1.82, 2.24) is 0 Å². The fourth-order valence-corrected chi connectivity index (χ4v) is 1.32. The third kappa shape index (κ3) is 6.08. The normalized spacial score (nSPS) is 12.6. The van der Waals surface area contributed by atoms with Crippen molar-refractivity contribution in [2.75, 3.05) is 25.7 Å². The smallest absolute Gasteiger partial charge is 0.101 e. The van der Waals surface area contributed by atoms with Gasteiger partial charge in [-0.2, -0.15) is 0 Å². The molecule has 0 heterocycles. The van der Waals surface area contributed by atoms with Gasteiger partial charge in [-0.3, -0.25) is 0 Å². The molecule has 16 heavy (non-hydrogen) atoms. The van der Waals surface area contributed by atoms with Gasteiger partial charge < -0.3 is 14.6 Å². The van der Waals surface area contributed by atoms with E-state index in [9.17, 15) is 5.11 Å². The number of halogens is 1. The highest BCUT2D eigenvalue weighted by molar-refractivity contribution is 6.17. The van der Waals surface area contributed by atoms with Crippen molar-refractivity contribution in [2.24, 2.45) is 0 Å². The first-order valence-electron chi connectivity index (χ1n) is 5.26. The molecule has 4 heteroatoms. The minimum absolute atomic E-state index is 0.265. The molecule has 90 valence electrons. The first-order chi connectivity index (χ1) is 7.83. The number of aliphatic hydroxyl groups is 1. The summed E-state index contributed by atoms with van der Waals surface area (Å²) < 4.78 is 10.4. The predicted molar refractivity (Wildman–Crippen MR) is 63.6 cm³/mol. The molecule has 0 aliphatic heterocycles. The predicted octanol–water partition coefficient (Wildman–Crippen LogP) is 1.82. The number of aliphatic hydroxyl groups excluding tert-OH is 1. The van der Waals surface area contributed by atoms with Crippen LogP contribution in [-0.4, -0.2) is 36.9 Å². The van der Waals surface area contributed by atoms with Gasteiger partial charge in [0.15, 0.2) is 0 Å². The van der Waals surface area contributed by atoms with Crippen LogP contribution in [0.15, 0.2) is 30.3 Å². The van der Waals surface area contributed by atoms with Gasteiger partial charge in [-0.25, -0.2) is 0 Å². The Morgan fingerprint density at radius 2 is 1.81 bits per heavy atom. The van der Waals surface area contributed by atoms with Gasteiger partial charge in [0, 0.05) is 5.88 Å². The zero-order chi connectivity index (χ0) is 11.6. The molecular formula is C12H17ClO3. The van der Waals surface area contributed by atoms with E-state index in [2.05, 4.69) is 0 Å². The van der Waals surface area contributed by atoms with Crippen molar-refractivity contribution >= 4 is 11.6 Å². The molecule has 1 N–H and O–H groups in total. The van der Waals surface area contributed by atoms with E-state index in [1.807, 2.05) is 30.3 Å². The molecule has 1 aromatic carbocycles. The summed E-state index contributed by atoms with van der Waals surface area (Å²) in [6.45, 7) is 1.50. The van der Waals surface area contributed by atoms with E-state index in [0.717, 1.165) is 5.56 Å². The lowest BCUT2D eigenvalue weighted by Crippen LogP contribution is -2.22. The van der Waals surface area contributed by atoms with Gasteiger partial charge in [0.2, 0.25) is 0 Å². The molecular weight excluding hydrogens is 228 g/mol. The number of benzene rings is 1. The van der Waals surface area contributed by atoms with Crippen LogP contribution in [0.4, 0.5) is 0 Å². The maximum Gasteiger partial charge on any atom is 0.101 e. The van der Waals surface area contributed by atoms with Gasteiger partial charge in [-0.05, 0) is 5.56 Å². The third-order valence-corrected chi connectivity index (χ3v) is 2.11. The molecule has 0 bridgehead atoms. The van der Waals surface area contributed by atoms with Crippen molar-refractivity contribution < 1.29 is 14.6 Å². The minimum Gasteiger partial charge on any atom is -0.388 e. The topological polar surface area (TPSA) is 38.7 Å². The molecule has 0 saturated heterocycles.